The van der Waals surface area contributed by atoms with Crippen LogP contribution in [0.4, 0.5) is 0 Å². The van der Waals surface area contributed by atoms with Gasteiger partial charge in [-0.05, 0) is 25.0 Å². The van der Waals surface area contributed by atoms with E-state index in [-0.39, 0.29) is 5.91 Å². The highest BCUT2D eigenvalue weighted by Crippen LogP contribution is 2.30. The van der Waals surface area contributed by atoms with Crippen molar-refractivity contribution < 1.29 is 13.9 Å². The molecule has 134 valence electrons. The van der Waals surface area contributed by atoms with Gasteiger partial charge in [-0.3, -0.25) is 4.79 Å². The average Bonchev–Trinajstić information content (AvgIpc) is 3.15. The predicted molar refractivity (Wildman–Crippen MR) is 96.7 cm³/mol. The fraction of sp³-hybridized carbons (Fsp3) is 0.500. The molecule has 1 amide bonds. The van der Waals surface area contributed by atoms with E-state index in [4.69, 9.17) is 9.15 Å². The molecule has 0 spiro atoms. The van der Waals surface area contributed by atoms with E-state index >= 15 is 0 Å². The first-order valence-electron chi connectivity index (χ1n) is 8.54. The number of aromatic nitrogens is 2. The maximum absolute atomic E-state index is 12.4. The average molecular weight is 361 g/mol. The number of rotatable bonds is 6. The SMILES string of the molecule is COc1ccccc1-c1nnc(SCC(=O)N(C)C2CCCCC2)o1. The number of nitrogens with zero attached hydrogens (tertiary/aromatic N) is 3. The summed E-state index contributed by atoms with van der Waals surface area (Å²) in [5.41, 5.74) is 0.745. The topological polar surface area (TPSA) is 68.5 Å². The number of thioether (sulfide) groups is 1. The second-order valence-corrected chi connectivity index (χ2v) is 7.09. The highest BCUT2D eigenvalue weighted by molar-refractivity contribution is 7.99. The standard InChI is InChI=1S/C18H23N3O3S/c1-21(13-8-4-3-5-9-13)16(22)12-25-18-20-19-17(24-18)14-10-6-7-11-15(14)23-2/h6-7,10-11,13H,3-5,8-9,12H2,1-2H3. The maximum atomic E-state index is 12.4. The maximum Gasteiger partial charge on any atom is 0.277 e. The van der Waals surface area contributed by atoms with Crippen LogP contribution >= 0.6 is 11.8 Å². The first-order valence-corrected chi connectivity index (χ1v) is 9.53. The van der Waals surface area contributed by atoms with Gasteiger partial charge in [0, 0.05) is 13.1 Å². The molecule has 0 aliphatic heterocycles. The molecule has 6 nitrogen and oxygen atoms in total. The summed E-state index contributed by atoms with van der Waals surface area (Å²) in [5, 5.41) is 8.49. The molecule has 0 bridgehead atoms. The minimum Gasteiger partial charge on any atom is -0.496 e. The lowest BCUT2D eigenvalue weighted by Crippen LogP contribution is -2.39. The van der Waals surface area contributed by atoms with Gasteiger partial charge >= 0.3 is 0 Å². The van der Waals surface area contributed by atoms with Crippen molar-refractivity contribution in [3.63, 3.8) is 0 Å². The van der Waals surface area contributed by atoms with Crippen LogP contribution in [-0.2, 0) is 4.79 Å². The molecule has 1 heterocycles. The minimum absolute atomic E-state index is 0.106. The number of hydrogen-bond donors (Lipinski definition) is 0. The van der Waals surface area contributed by atoms with Crippen LogP contribution in [0.2, 0.25) is 0 Å². The van der Waals surface area contributed by atoms with Gasteiger partial charge in [-0.2, -0.15) is 0 Å². The Kier molecular flexibility index (Phi) is 5.96. The highest BCUT2D eigenvalue weighted by atomic mass is 32.2. The van der Waals surface area contributed by atoms with Crippen LogP contribution in [0.1, 0.15) is 32.1 Å². The van der Waals surface area contributed by atoms with Crippen LogP contribution in [0.5, 0.6) is 5.75 Å². The van der Waals surface area contributed by atoms with Gasteiger partial charge < -0.3 is 14.1 Å². The van der Waals surface area contributed by atoms with Crippen molar-refractivity contribution in [3.05, 3.63) is 24.3 Å². The molecule has 1 aromatic carbocycles. The molecule has 1 aliphatic carbocycles. The summed E-state index contributed by atoms with van der Waals surface area (Å²) in [6, 6.07) is 7.84. The molecule has 1 saturated carbocycles. The lowest BCUT2D eigenvalue weighted by atomic mass is 9.94. The van der Waals surface area contributed by atoms with E-state index in [9.17, 15) is 4.79 Å². The third-order valence-electron chi connectivity index (χ3n) is 4.58. The summed E-state index contributed by atoms with van der Waals surface area (Å²) < 4.78 is 11.0. The number of hydrogen-bond acceptors (Lipinski definition) is 6. The Morgan fingerprint density at radius 1 is 1.28 bits per heavy atom. The molecule has 2 aromatic rings. The number of benzene rings is 1. The van der Waals surface area contributed by atoms with Crippen LogP contribution in [0.15, 0.2) is 33.9 Å². The van der Waals surface area contributed by atoms with Crippen molar-refractivity contribution in [1.29, 1.82) is 0 Å². The minimum atomic E-state index is 0.106. The van der Waals surface area contributed by atoms with E-state index in [0.29, 0.717) is 28.7 Å². The quantitative estimate of drug-likeness (QED) is 0.732. The normalized spacial score (nSPS) is 15.1. The van der Waals surface area contributed by atoms with E-state index in [2.05, 4.69) is 10.2 Å². The van der Waals surface area contributed by atoms with Crippen LogP contribution < -0.4 is 4.74 Å². The number of ether oxygens (including phenoxy) is 1. The Morgan fingerprint density at radius 2 is 2.04 bits per heavy atom. The Hall–Kier alpha value is -2.02. The fourth-order valence-electron chi connectivity index (χ4n) is 3.10. The Bertz CT molecular complexity index is 713. The Balaban J connectivity index is 1.59. The molecule has 1 aromatic heterocycles. The van der Waals surface area contributed by atoms with Gasteiger partial charge in [0.2, 0.25) is 5.91 Å². The van der Waals surface area contributed by atoms with Gasteiger partial charge in [0.15, 0.2) is 0 Å². The number of amides is 1. The van der Waals surface area contributed by atoms with Crippen LogP contribution in [0.25, 0.3) is 11.5 Å². The highest BCUT2D eigenvalue weighted by Gasteiger charge is 2.22. The first kappa shape index (κ1) is 17.8. The zero-order valence-electron chi connectivity index (χ0n) is 14.6. The Morgan fingerprint density at radius 3 is 2.80 bits per heavy atom. The lowest BCUT2D eigenvalue weighted by molar-refractivity contribution is -0.129. The lowest BCUT2D eigenvalue weighted by Gasteiger charge is -2.31. The first-order chi connectivity index (χ1) is 12.2. The largest absolute Gasteiger partial charge is 0.496 e. The molecule has 25 heavy (non-hydrogen) atoms. The smallest absolute Gasteiger partial charge is 0.277 e. The fourth-order valence-corrected chi connectivity index (χ4v) is 3.78. The molecule has 0 saturated heterocycles. The summed E-state index contributed by atoms with van der Waals surface area (Å²) >= 11 is 1.28. The summed E-state index contributed by atoms with van der Waals surface area (Å²) in [4.78, 5) is 14.3. The van der Waals surface area contributed by atoms with Gasteiger partial charge in [0.05, 0.1) is 18.4 Å². The second-order valence-electron chi connectivity index (χ2n) is 6.16. The van der Waals surface area contributed by atoms with E-state index < -0.39 is 0 Å². The van der Waals surface area contributed by atoms with Crippen molar-refractivity contribution in [1.82, 2.24) is 15.1 Å². The molecule has 3 rings (SSSR count). The molecule has 0 atom stereocenters. The Labute approximate surface area is 151 Å². The third-order valence-corrected chi connectivity index (χ3v) is 5.38. The molecular formula is C18H23N3O3S. The number of carbonyl (C=O) groups is 1. The third kappa shape index (κ3) is 4.34. The van der Waals surface area contributed by atoms with Gasteiger partial charge in [-0.25, -0.2) is 0 Å². The van der Waals surface area contributed by atoms with E-state index in [1.54, 1.807) is 7.11 Å². The summed E-state index contributed by atoms with van der Waals surface area (Å²) in [7, 11) is 3.50. The molecule has 0 unspecified atom stereocenters. The predicted octanol–water partition coefficient (Wildman–Crippen LogP) is 3.63. The zero-order chi connectivity index (χ0) is 17.6. The van der Waals surface area contributed by atoms with Gasteiger partial charge in [-0.15, -0.1) is 10.2 Å². The van der Waals surface area contributed by atoms with Gasteiger partial charge in [0.25, 0.3) is 11.1 Å². The number of para-hydroxylation sites is 1. The van der Waals surface area contributed by atoms with E-state index in [1.807, 2.05) is 36.2 Å². The molecule has 1 fully saturated rings. The van der Waals surface area contributed by atoms with Crippen molar-refractivity contribution in [2.45, 2.75) is 43.4 Å². The van der Waals surface area contributed by atoms with Crippen molar-refractivity contribution in [2.24, 2.45) is 0 Å². The molecule has 0 N–H and O–H groups in total. The van der Waals surface area contributed by atoms with Gasteiger partial charge in [-0.1, -0.05) is 43.2 Å². The summed E-state index contributed by atoms with van der Waals surface area (Å²) in [6.45, 7) is 0. The van der Waals surface area contributed by atoms with Crippen LogP contribution in [-0.4, -0.2) is 47.0 Å². The molecular weight excluding hydrogens is 338 g/mol. The van der Waals surface area contributed by atoms with Crippen molar-refractivity contribution >= 4 is 17.7 Å². The van der Waals surface area contributed by atoms with Crippen molar-refractivity contribution in [2.75, 3.05) is 19.9 Å². The van der Waals surface area contributed by atoms with Crippen LogP contribution in [0.3, 0.4) is 0 Å². The van der Waals surface area contributed by atoms with Gasteiger partial charge in [0.1, 0.15) is 5.75 Å². The summed E-state index contributed by atoms with van der Waals surface area (Å²) in [6.07, 6.45) is 5.90. The zero-order valence-corrected chi connectivity index (χ0v) is 15.4. The molecule has 0 radical (unpaired) electrons. The van der Waals surface area contributed by atoms with Crippen LogP contribution in [0, 0.1) is 0 Å². The molecule has 1 aliphatic rings. The van der Waals surface area contributed by atoms with Crippen molar-refractivity contribution in [3.8, 4) is 17.2 Å². The summed E-state index contributed by atoms with van der Waals surface area (Å²) in [5.74, 6) is 1.48. The number of methoxy groups -OCH3 is 1. The monoisotopic (exact) mass is 361 g/mol. The van der Waals surface area contributed by atoms with E-state index in [0.717, 1.165) is 18.4 Å². The number of carbonyl (C=O) groups excluding carboxylic acids is 1. The van der Waals surface area contributed by atoms with E-state index in [1.165, 1.54) is 31.0 Å². The second kappa shape index (κ2) is 8.38. The molecule has 7 heteroatoms.